The molecule has 1 aromatic heterocycles. The molecule has 3 N–H and O–H groups in total. The summed E-state index contributed by atoms with van der Waals surface area (Å²) in [5.74, 6) is -1.85. The quantitative estimate of drug-likeness (QED) is 0.840. The van der Waals surface area contributed by atoms with E-state index in [0.717, 1.165) is 14.7 Å². The number of rotatable bonds is 3. The first-order chi connectivity index (χ1) is 8.08. The van der Waals surface area contributed by atoms with Gasteiger partial charge in [0.05, 0.1) is 15.2 Å². The molecule has 0 fully saturated rings. The second-order valence-corrected chi connectivity index (χ2v) is 5.93. The predicted octanol–water partition coefficient (Wildman–Crippen LogP) is 3.98. The van der Waals surface area contributed by atoms with Crippen molar-refractivity contribution in [2.75, 3.05) is 11.1 Å². The van der Waals surface area contributed by atoms with Gasteiger partial charge in [0.1, 0.15) is 0 Å². The first-order valence-corrected chi connectivity index (χ1v) is 6.40. The number of nitrogens with two attached hydrogens (primary N) is 1. The van der Waals surface area contributed by atoms with Crippen molar-refractivity contribution in [3.05, 3.63) is 44.6 Å². The van der Waals surface area contributed by atoms with Gasteiger partial charge in [-0.1, -0.05) is 0 Å². The van der Waals surface area contributed by atoms with E-state index in [1.54, 1.807) is 0 Å². The van der Waals surface area contributed by atoms with Gasteiger partial charge in [-0.2, -0.15) is 0 Å². The third kappa shape index (κ3) is 2.76. The summed E-state index contributed by atoms with van der Waals surface area (Å²) in [5.41, 5.74) is 5.79. The summed E-state index contributed by atoms with van der Waals surface area (Å²) >= 11 is 4.85. The fraction of sp³-hybridized carbons (Fsp3) is 0.0909. The molecule has 0 unspecified atom stereocenters. The lowest BCUT2D eigenvalue weighted by atomic mass is 10.2. The fourth-order valence-corrected chi connectivity index (χ4v) is 2.79. The molecule has 0 atom stereocenters. The van der Waals surface area contributed by atoms with Gasteiger partial charge in [0, 0.05) is 11.4 Å². The van der Waals surface area contributed by atoms with Crippen molar-refractivity contribution in [3.63, 3.8) is 0 Å². The Hall–Kier alpha value is -1.14. The Bertz CT molecular complexity index is 542. The van der Waals surface area contributed by atoms with Gasteiger partial charge in [-0.05, 0) is 40.2 Å². The smallest absolute Gasteiger partial charge is 0.183 e. The van der Waals surface area contributed by atoms with Crippen LogP contribution in [-0.4, -0.2) is 0 Å². The van der Waals surface area contributed by atoms with Crippen molar-refractivity contribution in [3.8, 4) is 0 Å². The lowest BCUT2D eigenvalue weighted by Crippen LogP contribution is -2.05. The van der Waals surface area contributed by atoms with Gasteiger partial charge >= 0.3 is 0 Å². The van der Waals surface area contributed by atoms with Crippen LogP contribution in [0, 0.1) is 11.6 Å². The molecule has 0 amide bonds. The van der Waals surface area contributed by atoms with E-state index < -0.39 is 11.6 Å². The number of hydrogen-bond donors (Lipinski definition) is 2. The fourth-order valence-electron chi connectivity index (χ4n) is 1.37. The first kappa shape index (κ1) is 12.3. The van der Waals surface area contributed by atoms with Crippen LogP contribution in [0.2, 0.25) is 0 Å². The zero-order chi connectivity index (χ0) is 12.4. The van der Waals surface area contributed by atoms with Gasteiger partial charge in [0.2, 0.25) is 0 Å². The molecule has 90 valence electrons. The zero-order valence-electron chi connectivity index (χ0n) is 8.64. The van der Waals surface area contributed by atoms with Crippen molar-refractivity contribution < 1.29 is 8.78 Å². The lowest BCUT2D eigenvalue weighted by Gasteiger charge is -2.09. The van der Waals surface area contributed by atoms with Crippen LogP contribution in [0.5, 0.6) is 0 Å². The highest BCUT2D eigenvalue weighted by atomic mass is 79.9. The number of anilines is 2. The van der Waals surface area contributed by atoms with Crippen molar-refractivity contribution in [1.29, 1.82) is 0 Å². The minimum absolute atomic E-state index is 0.00882. The average molecular weight is 319 g/mol. The van der Waals surface area contributed by atoms with E-state index in [2.05, 4.69) is 21.2 Å². The normalized spacial score (nSPS) is 10.5. The topological polar surface area (TPSA) is 38.0 Å². The lowest BCUT2D eigenvalue weighted by molar-refractivity contribution is 0.511. The molecule has 0 bridgehead atoms. The highest BCUT2D eigenvalue weighted by molar-refractivity contribution is 9.11. The molecule has 0 saturated carbocycles. The van der Waals surface area contributed by atoms with Crippen LogP contribution in [0.1, 0.15) is 4.88 Å². The number of nitrogen functional groups attached to an aromatic ring is 1. The minimum Gasteiger partial charge on any atom is -0.397 e. The maximum Gasteiger partial charge on any atom is 0.183 e. The zero-order valence-corrected chi connectivity index (χ0v) is 11.0. The summed E-state index contributed by atoms with van der Waals surface area (Å²) in [5, 5.41) is 2.80. The first-order valence-electron chi connectivity index (χ1n) is 4.79. The van der Waals surface area contributed by atoms with Crippen LogP contribution in [0.15, 0.2) is 28.1 Å². The Kier molecular flexibility index (Phi) is 3.63. The summed E-state index contributed by atoms with van der Waals surface area (Å²) in [7, 11) is 0. The predicted molar refractivity (Wildman–Crippen MR) is 70.1 cm³/mol. The molecular weight excluding hydrogens is 310 g/mol. The van der Waals surface area contributed by atoms with Crippen LogP contribution in [-0.2, 0) is 6.54 Å². The van der Waals surface area contributed by atoms with Crippen LogP contribution in [0.3, 0.4) is 0 Å². The summed E-state index contributed by atoms with van der Waals surface area (Å²) in [6.45, 7) is 0.404. The van der Waals surface area contributed by atoms with Crippen molar-refractivity contribution in [1.82, 2.24) is 0 Å². The molecule has 2 nitrogen and oxygen atoms in total. The van der Waals surface area contributed by atoms with E-state index in [0.29, 0.717) is 6.54 Å². The Balaban J connectivity index is 2.16. The van der Waals surface area contributed by atoms with E-state index in [-0.39, 0.29) is 11.4 Å². The third-order valence-electron chi connectivity index (χ3n) is 2.20. The van der Waals surface area contributed by atoms with E-state index >= 15 is 0 Å². The second-order valence-electron chi connectivity index (χ2n) is 3.38. The molecule has 1 aromatic carbocycles. The molecule has 1 heterocycles. The molecular formula is C11H9BrF2N2S. The second kappa shape index (κ2) is 5.01. The Morgan fingerprint density at radius 1 is 1.24 bits per heavy atom. The SMILES string of the molecule is Nc1ccc(F)c(F)c1NCc1ccc(Br)s1. The molecule has 6 heteroatoms. The van der Waals surface area contributed by atoms with Gasteiger partial charge in [-0.25, -0.2) is 8.78 Å². The van der Waals surface area contributed by atoms with E-state index in [1.165, 1.54) is 17.4 Å². The molecule has 2 rings (SSSR count). The summed E-state index contributed by atoms with van der Waals surface area (Å²) in [4.78, 5) is 1.000. The van der Waals surface area contributed by atoms with E-state index in [4.69, 9.17) is 5.73 Å². The monoisotopic (exact) mass is 318 g/mol. The van der Waals surface area contributed by atoms with Gasteiger partial charge < -0.3 is 11.1 Å². The third-order valence-corrected chi connectivity index (χ3v) is 3.82. The Morgan fingerprint density at radius 3 is 2.65 bits per heavy atom. The number of benzene rings is 1. The molecule has 0 aliphatic rings. The Labute approximate surface area is 110 Å². The highest BCUT2D eigenvalue weighted by Gasteiger charge is 2.11. The number of halogens is 3. The highest BCUT2D eigenvalue weighted by Crippen LogP contribution is 2.27. The number of nitrogens with one attached hydrogen (secondary N) is 1. The van der Waals surface area contributed by atoms with Crippen molar-refractivity contribution in [2.45, 2.75) is 6.54 Å². The van der Waals surface area contributed by atoms with E-state index in [9.17, 15) is 8.78 Å². The molecule has 0 aliphatic heterocycles. The van der Waals surface area contributed by atoms with Gasteiger partial charge in [-0.3, -0.25) is 0 Å². The molecule has 0 spiro atoms. The largest absolute Gasteiger partial charge is 0.397 e. The molecule has 2 aromatic rings. The van der Waals surface area contributed by atoms with Crippen LogP contribution in [0.4, 0.5) is 20.2 Å². The number of hydrogen-bond acceptors (Lipinski definition) is 3. The van der Waals surface area contributed by atoms with Gasteiger partial charge in [0.15, 0.2) is 11.6 Å². The van der Waals surface area contributed by atoms with Gasteiger partial charge in [-0.15, -0.1) is 11.3 Å². The molecule has 0 radical (unpaired) electrons. The van der Waals surface area contributed by atoms with Crippen LogP contribution in [0.25, 0.3) is 0 Å². The van der Waals surface area contributed by atoms with E-state index in [1.807, 2.05) is 12.1 Å². The van der Waals surface area contributed by atoms with Crippen LogP contribution < -0.4 is 11.1 Å². The summed E-state index contributed by atoms with van der Waals surface area (Å²) < 4.78 is 27.4. The van der Waals surface area contributed by atoms with Crippen molar-refractivity contribution in [2.24, 2.45) is 0 Å². The number of thiophene rings is 1. The average Bonchev–Trinajstić information content (AvgIpc) is 2.70. The van der Waals surface area contributed by atoms with Crippen molar-refractivity contribution >= 4 is 38.6 Å². The maximum absolute atomic E-state index is 13.4. The summed E-state index contributed by atoms with van der Waals surface area (Å²) in [6.07, 6.45) is 0. The minimum atomic E-state index is -0.944. The summed E-state index contributed by atoms with van der Waals surface area (Å²) in [6, 6.07) is 6.14. The molecule has 17 heavy (non-hydrogen) atoms. The molecule has 0 aliphatic carbocycles. The molecule has 0 saturated heterocycles. The van der Waals surface area contributed by atoms with Gasteiger partial charge in [0.25, 0.3) is 0 Å². The standard InChI is InChI=1S/C11H9BrF2N2S/c12-9-4-1-6(17-9)5-16-11-8(15)3-2-7(13)10(11)14/h1-4,16H,5,15H2. The maximum atomic E-state index is 13.4. The Morgan fingerprint density at radius 2 is 2.00 bits per heavy atom. The van der Waals surface area contributed by atoms with Crippen LogP contribution >= 0.6 is 27.3 Å².